The van der Waals surface area contributed by atoms with Gasteiger partial charge in [0.2, 0.25) is 0 Å². The smallest absolute Gasteiger partial charge is 0.423 e. The van der Waals surface area contributed by atoms with E-state index < -0.39 is 7.12 Å². The van der Waals surface area contributed by atoms with E-state index in [1.165, 1.54) is 11.3 Å². The highest BCUT2D eigenvalue weighted by Crippen LogP contribution is 2.31. The highest BCUT2D eigenvalue weighted by molar-refractivity contribution is 7.28. The van der Waals surface area contributed by atoms with E-state index >= 15 is 0 Å². The maximum Gasteiger partial charge on any atom is 0.499 e. The van der Waals surface area contributed by atoms with Crippen molar-refractivity contribution in [3.63, 3.8) is 0 Å². The lowest BCUT2D eigenvalue weighted by Crippen LogP contribution is -2.26. The van der Waals surface area contributed by atoms with Crippen molar-refractivity contribution in [3.8, 4) is 0 Å². The molecule has 2 aromatic rings. The molecule has 0 spiro atoms. The van der Waals surface area contributed by atoms with Crippen LogP contribution in [0.1, 0.15) is 0 Å². The van der Waals surface area contributed by atoms with Gasteiger partial charge in [0.1, 0.15) is 0 Å². The van der Waals surface area contributed by atoms with E-state index in [1.807, 2.05) is 0 Å². The highest BCUT2D eigenvalue weighted by atomic mass is 35.5. The highest BCUT2D eigenvalue weighted by Gasteiger charge is 2.16. The van der Waals surface area contributed by atoms with Gasteiger partial charge in [0, 0.05) is 4.78 Å². The lowest BCUT2D eigenvalue weighted by molar-refractivity contribution is 0.427. The Bertz CT molecular complexity index is 485. The number of anilines is 1. The van der Waals surface area contributed by atoms with E-state index in [9.17, 15) is 0 Å². The molecular formula is C8H7BClNO2S. The summed E-state index contributed by atoms with van der Waals surface area (Å²) in [7, 11) is -1.45. The van der Waals surface area contributed by atoms with Crippen LogP contribution in [0.15, 0.2) is 18.2 Å². The second-order valence-electron chi connectivity index (χ2n) is 2.90. The van der Waals surface area contributed by atoms with Crippen molar-refractivity contribution < 1.29 is 10.0 Å². The first-order valence-electron chi connectivity index (χ1n) is 3.93. The minimum atomic E-state index is -1.45. The number of thiophene rings is 1. The van der Waals surface area contributed by atoms with Crippen LogP contribution in [-0.2, 0) is 0 Å². The van der Waals surface area contributed by atoms with Crippen LogP contribution in [0, 0.1) is 0 Å². The van der Waals surface area contributed by atoms with Gasteiger partial charge >= 0.3 is 7.12 Å². The van der Waals surface area contributed by atoms with Gasteiger partial charge in [-0.25, -0.2) is 0 Å². The van der Waals surface area contributed by atoms with Gasteiger partial charge in [0.25, 0.3) is 0 Å². The molecule has 6 heteroatoms. The summed E-state index contributed by atoms with van der Waals surface area (Å²) in [5, 5.41) is 19.3. The van der Waals surface area contributed by atoms with Crippen LogP contribution in [0.4, 0.5) is 5.69 Å². The largest absolute Gasteiger partial charge is 0.499 e. The first-order chi connectivity index (χ1) is 6.59. The molecule has 0 aliphatic carbocycles. The molecule has 1 heterocycles. The zero-order chi connectivity index (χ0) is 10.3. The first-order valence-corrected chi connectivity index (χ1v) is 5.12. The fourth-order valence-electron chi connectivity index (χ4n) is 1.25. The van der Waals surface area contributed by atoms with E-state index in [-0.39, 0.29) is 0 Å². The zero-order valence-electron chi connectivity index (χ0n) is 7.07. The Hall–Kier alpha value is -0.745. The second-order valence-corrected chi connectivity index (χ2v) is 4.39. The van der Waals surface area contributed by atoms with E-state index in [2.05, 4.69) is 0 Å². The Balaban J connectivity index is 2.71. The number of nitrogens with two attached hydrogens (primary N) is 1. The predicted octanol–water partition coefficient (Wildman–Crippen LogP) is 0.817. The molecule has 0 radical (unpaired) electrons. The minimum Gasteiger partial charge on any atom is -0.423 e. The van der Waals surface area contributed by atoms with Gasteiger partial charge in [-0.1, -0.05) is 17.7 Å². The molecule has 1 aromatic carbocycles. The van der Waals surface area contributed by atoms with Crippen molar-refractivity contribution >= 4 is 50.6 Å². The SMILES string of the molecule is Nc1c(Cl)ccc2cc(B(O)O)sc12. The fourth-order valence-corrected chi connectivity index (χ4v) is 2.45. The molecule has 0 amide bonds. The van der Waals surface area contributed by atoms with Crippen molar-refractivity contribution in [2.75, 3.05) is 5.73 Å². The maximum atomic E-state index is 8.98. The van der Waals surface area contributed by atoms with E-state index in [1.54, 1.807) is 18.2 Å². The molecule has 0 fully saturated rings. The second kappa shape index (κ2) is 3.44. The number of halogens is 1. The molecule has 0 aliphatic rings. The number of rotatable bonds is 1. The molecule has 0 unspecified atom stereocenters. The Kier molecular flexibility index (Phi) is 2.40. The van der Waals surface area contributed by atoms with Crippen LogP contribution in [0.5, 0.6) is 0 Å². The molecule has 3 nitrogen and oxygen atoms in total. The topological polar surface area (TPSA) is 66.5 Å². The van der Waals surface area contributed by atoms with Gasteiger partial charge in [-0.15, -0.1) is 11.3 Å². The Morgan fingerprint density at radius 2 is 2.07 bits per heavy atom. The van der Waals surface area contributed by atoms with E-state index in [0.29, 0.717) is 15.5 Å². The monoisotopic (exact) mass is 227 g/mol. The van der Waals surface area contributed by atoms with Gasteiger partial charge in [-0.3, -0.25) is 0 Å². The molecule has 1 aromatic heterocycles. The first kappa shape index (κ1) is 9.80. The number of benzene rings is 1. The summed E-state index contributed by atoms with van der Waals surface area (Å²) in [6.45, 7) is 0. The quantitative estimate of drug-likeness (QED) is 0.499. The van der Waals surface area contributed by atoms with E-state index in [0.717, 1.165) is 10.1 Å². The van der Waals surface area contributed by atoms with Crippen LogP contribution in [-0.4, -0.2) is 17.2 Å². The molecule has 0 saturated heterocycles. The van der Waals surface area contributed by atoms with Crippen LogP contribution >= 0.6 is 22.9 Å². The molecule has 4 N–H and O–H groups in total. The van der Waals surface area contributed by atoms with E-state index in [4.69, 9.17) is 27.4 Å². The molecule has 0 saturated carbocycles. The molecule has 0 bridgehead atoms. The summed E-state index contributed by atoms with van der Waals surface area (Å²) >= 11 is 7.07. The summed E-state index contributed by atoms with van der Waals surface area (Å²) in [5.41, 5.74) is 6.23. The van der Waals surface area contributed by atoms with Crippen molar-refractivity contribution in [2.45, 2.75) is 0 Å². The van der Waals surface area contributed by atoms with Gasteiger partial charge in [-0.2, -0.15) is 0 Å². The molecule has 14 heavy (non-hydrogen) atoms. The fraction of sp³-hybridized carbons (Fsp3) is 0. The van der Waals surface area contributed by atoms with Crippen molar-refractivity contribution in [2.24, 2.45) is 0 Å². The summed E-state index contributed by atoms with van der Waals surface area (Å²) in [6.07, 6.45) is 0. The third kappa shape index (κ3) is 1.48. The average molecular weight is 227 g/mol. The van der Waals surface area contributed by atoms with Crippen LogP contribution in [0.2, 0.25) is 5.02 Å². The third-order valence-corrected chi connectivity index (χ3v) is 3.50. The summed E-state index contributed by atoms with van der Waals surface area (Å²) in [6, 6.07) is 5.19. The Morgan fingerprint density at radius 1 is 1.36 bits per heavy atom. The van der Waals surface area contributed by atoms with Crippen molar-refractivity contribution in [1.29, 1.82) is 0 Å². The molecule has 0 atom stereocenters. The van der Waals surface area contributed by atoms with Crippen molar-refractivity contribution in [3.05, 3.63) is 23.2 Å². The van der Waals surface area contributed by atoms with Gasteiger partial charge < -0.3 is 15.8 Å². The molecule has 0 aliphatic heterocycles. The Morgan fingerprint density at radius 3 is 2.71 bits per heavy atom. The van der Waals surface area contributed by atoms with Gasteiger partial charge in [0.05, 0.1) is 15.4 Å². The number of hydrogen-bond acceptors (Lipinski definition) is 4. The van der Waals surface area contributed by atoms with Crippen LogP contribution in [0.25, 0.3) is 10.1 Å². The Labute approximate surface area is 89.9 Å². The molecular weight excluding hydrogens is 220 g/mol. The summed E-state index contributed by atoms with van der Waals surface area (Å²) in [5.74, 6) is 0. The normalized spacial score (nSPS) is 10.8. The third-order valence-electron chi connectivity index (χ3n) is 1.95. The molecule has 2 rings (SSSR count). The van der Waals surface area contributed by atoms with Crippen molar-refractivity contribution in [1.82, 2.24) is 0 Å². The number of hydrogen-bond donors (Lipinski definition) is 3. The number of nitrogen functional groups attached to an aromatic ring is 1. The van der Waals surface area contributed by atoms with Crippen LogP contribution in [0.3, 0.4) is 0 Å². The average Bonchev–Trinajstić information content (AvgIpc) is 2.56. The molecule has 72 valence electrons. The van der Waals surface area contributed by atoms with Gasteiger partial charge in [0.15, 0.2) is 0 Å². The predicted molar refractivity (Wildman–Crippen MR) is 61.1 cm³/mol. The van der Waals surface area contributed by atoms with Crippen LogP contribution < -0.4 is 10.5 Å². The minimum absolute atomic E-state index is 0.467. The number of fused-ring (bicyclic) bond motifs is 1. The summed E-state index contributed by atoms with van der Waals surface area (Å²) in [4.78, 5) is 0. The summed E-state index contributed by atoms with van der Waals surface area (Å²) < 4.78 is 1.26. The zero-order valence-corrected chi connectivity index (χ0v) is 8.64. The standard InChI is InChI=1S/C8H7BClNO2S/c10-5-2-1-4-3-6(9(12)13)14-8(4)7(5)11/h1-3,12-13H,11H2. The van der Waals surface area contributed by atoms with Gasteiger partial charge in [-0.05, 0) is 17.5 Å². The maximum absolute atomic E-state index is 8.98. The lowest BCUT2D eigenvalue weighted by Gasteiger charge is -1.97. The lowest BCUT2D eigenvalue weighted by atomic mass is 9.89.